The van der Waals surface area contributed by atoms with Gasteiger partial charge in [0.1, 0.15) is 12.4 Å². The Balaban J connectivity index is 2.47. The van der Waals surface area contributed by atoms with Gasteiger partial charge in [-0.15, -0.1) is 0 Å². The van der Waals surface area contributed by atoms with Gasteiger partial charge in [0.15, 0.2) is 0 Å². The van der Waals surface area contributed by atoms with Crippen molar-refractivity contribution in [2.75, 3.05) is 20.3 Å². The molecule has 27 heavy (non-hydrogen) atoms. The Bertz CT molecular complexity index is 448. The lowest BCUT2D eigenvalue weighted by Crippen LogP contribution is -2.29. The highest BCUT2D eigenvalue weighted by Gasteiger charge is 2.42. The van der Waals surface area contributed by atoms with Crippen molar-refractivity contribution in [3.63, 3.8) is 0 Å². The van der Waals surface area contributed by atoms with Crippen LogP contribution in [0.2, 0.25) is 0 Å². The third-order valence-corrected chi connectivity index (χ3v) is 5.73. The lowest BCUT2D eigenvalue weighted by Gasteiger charge is -2.29. The average Bonchev–Trinajstić information content (AvgIpc) is 2.91. The van der Waals surface area contributed by atoms with Gasteiger partial charge in [0, 0.05) is 26.1 Å². The maximum absolute atomic E-state index is 12.4. The second kappa shape index (κ2) is 12.5. The number of carbonyl (C=O) groups is 2. The Hall–Kier alpha value is -0.980. The van der Waals surface area contributed by atoms with E-state index in [0.717, 1.165) is 51.4 Å². The molecule has 0 bridgehead atoms. The molecule has 4 atom stereocenters. The van der Waals surface area contributed by atoms with E-state index in [4.69, 9.17) is 14.6 Å². The monoisotopic (exact) mass is 386 g/mol. The van der Waals surface area contributed by atoms with Gasteiger partial charge in [0.05, 0.1) is 11.7 Å². The molecule has 0 aromatic heterocycles. The summed E-state index contributed by atoms with van der Waals surface area (Å²) in [6.07, 6.45) is 8.32. The Morgan fingerprint density at radius 1 is 1.19 bits per heavy atom. The maximum atomic E-state index is 12.4. The third-order valence-electron chi connectivity index (χ3n) is 5.73. The number of hydrogen-bond acceptors (Lipinski definition) is 5. The Kier molecular flexibility index (Phi) is 11.1. The van der Waals surface area contributed by atoms with Crippen LogP contribution in [-0.4, -0.2) is 54.0 Å². The zero-order chi connectivity index (χ0) is 20.3. The molecule has 1 saturated carbocycles. The van der Waals surface area contributed by atoms with Crippen LogP contribution in [0.15, 0.2) is 0 Å². The van der Waals surface area contributed by atoms with Gasteiger partial charge in [0.2, 0.25) is 0 Å². The molecular weight excluding hydrogens is 348 g/mol. The summed E-state index contributed by atoms with van der Waals surface area (Å²) in [6.45, 7) is 4.18. The highest BCUT2D eigenvalue weighted by molar-refractivity contribution is 5.84. The summed E-state index contributed by atoms with van der Waals surface area (Å²) < 4.78 is 10.6. The van der Waals surface area contributed by atoms with Crippen LogP contribution in [-0.2, 0) is 19.1 Å². The van der Waals surface area contributed by atoms with Crippen LogP contribution in [0, 0.1) is 11.8 Å². The van der Waals surface area contributed by atoms with Gasteiger partial charge < -0.3 is 19.7 Å². The van der Waals surface area contributed by atoms with E-state index >= 15 is 0 Å². The standard InChI is InChI=1S/C21H38O6/c1-4-5-7-11-21(2,25)12-10-17-16(18(22)14-19(17)26-3)9-6-8-13-27-15-20(23)24/h16-17,19,25H,4-15H2,1-3H3,(H,23,24)/t16-,17-,19-,21?/m1/s1. The van der Waals surface area contributed by atoms with Crippen molar-refractivity contribution < 1.29 is 29.3 Å². The van der Waals surface area contributed by atoms with Crippen molar-refractivity contribution in [3.05, 3.63) is 0 Å². The van der Waals surface area contributed by atoms with E-state index in [1.165, 1.54) is 0 Å². The molecule has 0 amide bonds. The first-order valence-corrected chi connectivity index (χ1v) is 10.4. The molecule has 0 aromatic carbocycles. The normalized spacial score (nSPS) is 24.9. The first-order valence-electron chi connectivity index (χ1n) is 10.4. The number of carboxylic acids is 1. The molecule has 0 heterocycles. The molecular formula is C21H38O6. The number of ketones is 1. The van der Waals surface area contributed by atoms with Crippen LogP contribution in [0.3, 0.4) is 0 Å². The molecule has 6 heteroatoms. The molecule has 1 unspecified atom stereocenters. The minimum absolute atomic E-state index is 0.0270. The number of aliphatic carboxylic acids is 1. The molecule has 0 radical (unpaired) electrons. The van der Waals surface area contributed by atoms with Gasteiger partial charge in [-0.25, -0.2) is 4.79 Å². The summed E-state index contributed by atoms with van der Waals surface area (Å²) in [6, 6.07) is 0. The number of ether oxygens (including phenoxy) is 2. The highest BCUT2D eigenvalue weighted by atomic mass is 16.5. The summed E-state index contributed by atoms with van der Waals surface area (Å²) >= 11 is 0. The quantitative estimate of drug-likeness (QED) is 0.418. The number of methoxy groups -OCH3 is 1. The first-order chi connectivity index (χ1) is 12.8. The predicted octanol–water partition coefficient (Wildman–Crippen LogP) is 3.59. The predicted molar refractivity (Wildman–Crippen MR) is 104 cm³/mol. The van der Waals surface area contributed by atoms with Gasteiger partial charge >= 0.3 is 5.97 Å². The number of rotatable bonds is 15. The zero-order valence-corrected chi connectivity index (χ0v) is 17.2. The minimum Gasteiger partial charge on any atom is -0.480 e. The van der Waals surface area contributed by atoms with Crippen molar-refractivity contribution in [3.8, 4) is 0 Å². The number of hydrogen-bond donors (Lipinski definition) is 2. The molecule has 1 rings (SSSR count). The van der Waals surface area contributed by atoms with Crippen molar-refractivity contribution in [1.82, 2.24) is 0 Å². The van der Waals surface area contributed by atoms with Crippen LogP contribution in [0.5, 0.6) is 0 Å². The van der Waals surface area contributed by atoms with E-state index in [9.17, 15) is 14.7 Å². The molecule has 2 N–H and O–H groups in total. The lowest BCUT2D eigenvalue weighted by molar-refractivity contribution is -0.142. The Morgan fingerprint density at radius 2 is 1.93 bits per heavy atom. The van der Waals surface area contributed by atoms with E-state index in [-0.39, 0.29) is 30.3 Å². The van der Waals surface area contributed by atoms with Crippen molar-refractivity contribution in [2.24, 2.45) is 11.8 Å². The Morgan fingerprint density at radius 3 is 2.56 bits per heavy atom. The topological polar surface area (TPSA) is 93.1 Å². The lowest BCUT2D eigenvalue weighted by atomic mass is 9.82. The van der Waals surface area contributed by atoms with Crippen LogP contribution < -0.4 is 0 Å². The van der Waals surface area contributed by atoms with Crippen LogP contribution in [0.1, 0.15) is 78.1 Å². The molecule has 1 aliphatic carbocycles. The van der Waals surface area contributed by atoms with Crippen LogP contribution in [0.4, 0.5) is 0 Å². The van der Waals surface area contributed by atoms with Gasteiger partial charge in [-0.1, -0.05) is 32.6 Å². The minimum atomic E-state index is -0.963. The van der Waals surface area contributed by atoms with Gasteiger partial charge in [-0.3, -0.25) is 4.79 Å². The molecule has 6 nitrogen and oxygen atoms in total. The summed E-state index contributed by atoms with van der Waals surface area (Å²) in [4.78, 5) is 22.9. The molecule has 1 aliphatic rings. The maximum Gasteiger partial charge on any atom is 0.329 e. The molecule has 0 spiro atoms. The molecule has 1 fully saturated rings. The number of Topliss-reactive ketones (excluding diaryl/α,β-unsaturated/α-hetero) is 1. The fourth-order valence-corrected chi connectivity index (χ4v) is 4.11. The fraction of sp³-hybridized carbons (Fsp3) is 0.905. The summed E-state index contributed by atoms with van der Waals surface area (Å²) in [5, 5.41) is 19.2. The number of carboxylic acid groups (broad SMARTS) is 1. The van der Waals surface area contributed by atoms with Crippen molar-refractivity contribution in [1.29, 1.82) is 0 Å². The number of aliphatic hydroxyl groups is 1. The second-order valence-corrected chi connectivity index (χ2v) is 8.15. The second-order valence-electron chi connectivity index (χ2n) is 8.15. The first kappa shape index (κ1) is 24.1. The molecule has 158 valence electrons. The van der Waals surface area contributed by atoms with Crippen molar-refractivity contribution >= 4 is 11.8 Å². The molecule has 0 saturated heterocycles. The smallest absolute Gasteiger partial charge is 0.329 e. The summed E-state index contributed by atoms with van der Waals surface area (Å²) in [5.41, 5.74) is -0.686. The van der Waals surface area contributed by atoms with Crippen LogP contribution in [0.25, 0.3) is 0 Å². The van der Waals surface area contributed by atoms with Crippen LogP contribution >= 0.6 is 0 Å². The number of unbranched alkanes of at least 4 members (excludes halogenated alkanes) is 3. The van der Waals surface area contributed by atoms with Gasteiger partial charge in [-0.2, -0.15) is 0 Å². The SMILES string of the molecule is CCCCCC(C)(O)CC[C@H]1[C@H](OC)CC(=O)[C@@H]1CCCCOCC(=O)O. The Labute approximate surface area is 163 Å². The highest BCUT2D eigenvalue weighted by Crippen LogP contribution is 2.39. The molecule has 0 aromatic rings. The van der Waals surface area contributed by atoms with Gasteiger partial charge in [-0.05, 0) is 44.9 Å². The largest absolute Gasteiger partial charge is 0.480 e. The van der Waals surface area contributed by atoms with E-state index in [0.29, 0.717) is 19.4 Å². The number of carbonyl (C=O) groups excluding carboxylic acids is 1. The van der Waals surface area contributed by atoms with E-state index in [1.54, 1.807) is 7.11 Å². The van der Waals surface area contributed by atoms with E-state index < -0.39 is 11.6 Å². The summed E-state index contributed by atoms with van der Waals surface area (Å²) in [7, 11) is 1.66. The van der Waals surface area contributed by atoms with Gasteiger partial charge in [0.25, 0.3) is 0 Å². The van der Waals surface area contributed by atoms with E-state index in [2.05, 4.69) is 6.92 Å². The third kappa shape index (κ3) is 9.17. The summed E-state index contributed by atoms with van der Waals surface area (Å²) in [5.74, 6) is -0.583. The van der Waals surface area contributed by atoms with Crippen molar-refractivity contribution in [2.45, 2.75) is 89.8 Å². The zero-order valence-electron chi connectivity index (χ0n) is 17.2. The molecule has 0 aliphatic heterocycles. The average molecular weight is 387 g/mol. The fourth-order valence-electron chi connectivity index (χ4n) is 4.11. The van der Waals surface area contributed by atoms with E-state index in [1.807, 2.05) is 6.92 Å².